The molecule has 0 radical (unpaired) electrons. The maximum atomic E-state index is 14.3. The van der Waals surface area contributed by atoms with Crippen molar-refractivity contribution in [3.8, 4) is 45.8 Å². The van der Waals surface area contributed by atoms with Crippen LogP contribution in [-0.4, -0.2) is 166 Å². The number of phenolic OH excluding ortho intramolecular Hbond substituents is 4. The summed E-state index contributed by atoms with van der Waals surface area (Å²) in [7, 11) is 0. The molecule has 4 aromatic rings. The molecule has 1 aromatic heterocycles. The molecule has 0 unspecified atom stereocenters. The second-order valence-corrected chi connectivity index (χ2v) is 15.0. The Morgan fingerprint density at radius 2 is 1.43 bits per heavy atom. The molecule has 3 aromatic carbocycles. The molecule has 63 heavy (non-hydrogen) atoms. The first-order chi connectivity index (χ1) is 29.9. The number of hydrogen-bond donors (Lipinski definition) is 12. The van der Waals surface area contributed by atoms with E-state index in [4.69, 9.17) is 37.6 Å². The number of carbonyl (C=O) groups excluding carboxylic acids is 1. The number of rotatable bonds is 11. The summed E-state index contributed by atoms with van der Waals surface area (Å²) < 4.78 is 45.4. The van der Waals surface area contributed by atoms with Crippen molar-refractivity contribution in [3.05, 3.63) is 76.5 Å². The number of carbonyl (C=O) groups is 1. The van der Waals surface area contributed by atoms with E-state index in [0.717, 1.165) is 30.3 Å². The van der Waals surface area contributed by atoms with E-state index in [1.165, 1.54) is 43.3 Å². The van der Waals surface area contributed by atoms with Crippen LogP contribution in [0, 0.1) is 0 Å². The van der Waals surface area contributed by atoms with Gasteiger partial charge in [0.15, 0.2) is 29.7 Å². The summed E-state index contributed by atoms with van der Waals surface area (Å²) >= 11 is 0. The molecule has 0 aliphatic carbocycles. The van der Waals surface area contributed by atoms with Gasteiger partial charge in [-0.25, -0.2) is 4.79 Å². The minimum Gasteiger partial charge on any atom is -0.508 e. The van der Waals surface area contributed by atoms with Gasteiger partial charge in [0.1, 0.15) is 89.8 Å². The Hall–Kier alpha value is -5.60. The molecule has 0 bridgehead atoms. The summed E-state index contributed by atoms with van der Waals surface area (Å²) in [5, 5.41) is 125. The first kappa shape index (κ1) is 45.4. The van der Waals surface area contributed by atoms with Crippen LogP contribution in [0.2, 0.25) is 0 Å². The van der Waals surface area contributed by atoms with Gasteiger partial charge in [-0.3, -0.25) is 4.79 Å². The lowest BCUT2D eigenvalue weighted by Gasteiger charge is -2.44. The van der Waals surface area contributed by atoms with Crippen molar-refractivity contribution in [2.75, 3.05) is 13.2 Å². The van der Waals surface area contributed by atoms with Crippen LogP contribution in [0.15, 0.2) is 69.9 Å². The Morgan fingerprint density at radius 3 is 2.14 bits per heavy atom. The molecule has 3 saturated heterocycles. The maximum absolute atomic E-state index is 14.3. The van der Waals surface area contributed by atoms with E-state index < -0.39 is 145 Å². The molecule has 3 aliphatic heterocycles. The van der Waals surface area contributed by atoms with Crippen LogP contribution in [0.3, 0.4) is 0 Å². The monoisotopic (exact) mass is 888 g/mol. The molecule has 12 N–H and O–H groups in total. The fraction of sp³-hybridized carbons (Fsp3) is 0.415. The lowest BCUT2D eigenvalue weighted by Crippen LogP contribution is -2.63. The number of benzene rings is 3. The molecule has 4 heterocycles. The van der Waals surface area contributed by atoms with Crippen molar-refractivity contribution in [2.24, 2.45) is 0 Å². The zero-order valence-corrected chi connectivity index (χ0v) is 32.8. The highest BCUT2D eigenvalue weighted by atomic mass is 16.8. The van der Waals surface area contributed by atoms with E-state index in [0.29, 0.717) is 5.56 Å². The van der Waals surface area contributed by atoms with Crippen LogP contribution in [-0.2, 0) is 28.5 Å². The number of fused-ring (bicyclic) bond motifs is 1. The fourth-order valence-electron chi connectivity index (χ4n) is 6.94. The number of esters is 1. The second kappa shape index (κ2) is 18.6. The molecule has 22 heteroatoms. The molecular formula is C41H44O22. The van der Waals surface area contributed by atoms with Gasteiger partial charge in [0, 0.05) is 23.8 Å². The molecule has 0 amide bonds. The quantitative estimate of drug-likeness (QED) is 0.0458. The third kappa shape index (κ3) is 9.52. The van der Waals surface area contributed by atoms with Crippen LogP contribution >= 0.6 is 0 Å². The van der Waals surface area contributed by atoms with Gasteiger partial charge in [-0.1, -0.05) is 12.1 Å². The second-order valence-electron chi connectivity index (χ2n) is 15.0. The smallest absolute Gasteiger partial charge is 0.330 e. The molecule has 3 aliphatic rings. The van der Waals surface area contributed by atoms with Crippen molar-refractivity contribution in [2.45, 2.75) is 92.9 Å². The van der Waals surface area contributed by atoms with Crippen molar-refractivity contribution in [1.82, 2.24) is 0 Å². The Morgan fingerprint density at radius 1 is 0.730 bits per heavy atom. The molecule has 7 rings (SSSR count). The number of aliphatic hydroxyl groups is 8. The summed E-state index contributed by atoms with van der Waals surface area (Å²) in [5.41, 5.74) is -1.07. The lowest BCUT2D eigenvalue weighted by molar-refractivity contribution is -0.348. The first-order valence-corrected chi connectivity index (χ1v) is 19.3. The Bertz CT molecular complexity index is 2350. The number of hydrogen-bond acceptors (Lipinski definition) is 22. The average molecular weight is 889 g/mol. The zero-order valence-electron chi connectivity index (χ0n) is 32.8. The van der Waals surface area contributed by atoms with E-state index in [1.54, 1.807) is 0 Å². The molecule has 22 nitrogen and oxygen atoms in total. The van der Waals surface area contributed by atoms with Crippen molar-refractivity contribution >= 4 is 23.0 Å². The Balaban J connectivity index is 1.17. The summed E-state index contributed by atoms with van der Waals surface area (Å²) in [6, 6.07) is 11.1. The van der Waals surface area contributed by atoms with Crippen molar-refractivity contribution < 1.29 is 104 Å². The average Bonchev–Trinajstić information content (AvgIpc) is 3.25. The summed E-state index contributed by atoms with van der Waals surface area (Å²) in [5.74, 6) is -4.42. The van der Waals surface area contributed by atoms with Crippen LogP contribution < -0.4 is 14.9 Å². The van der Waals surface area contributed by atoms with Gasteiger partial charge in [0.2, 0.25) is 23.8 Å². The number of ether oxygens (including phenoxy) is 7. The molecular weight excluding hydrogens is 844 g/mol. The predicted octanol–water partition coefficient (Wildman–Crippen LogP) is -1.60. The minimum atomic E-state index is -2.04. The van der Waals surface area contributed by atoms with Gasteiger partial charge in [-0.2, -0.15) is 0 Å². The summed E-state index contributed by atoms with van der Waals surface area (Å²) in [6.45, 7) is 0.0954. The molecule has 340 valence electrons. The molecule has 0 saturated carbocycles. The standard InChI is InChI=1S/C41H44O22/c1-15-28(48)32(52)34(54)39(58-15)59-19-11-22(45)27-24(12-19)60-36(17-5-8-20(43)21(44)10-17)37(31(27)51)62-41-38(29(49)23(46)13-57-41)63-40-35(55)33(53)30(50)25(61-40)14-56-26(47)9-4-16-2-6-18(42)7-3-16/h2-12,15,23,25,28-30,32-35,38-46,48-50,52-55H,13-14H2,1H3/b9-4+/t15-,23-,25+,28-,29-,30+,32+,33-,34+,35+,38-,39-,40-,41-/m0/s1. The van der Waals surface area contributed by atoms with E-state index in [9.17, 15) is 70.9 Å². The first-order valence-electron chi connectivity index (χ1n) is 19.3. The minimum absolute atomic E-state index is 0.00628. The fourth-order valence-corrected chi connectivity index (χ4v) is 6.94. The van der Waals surface area contributed by atoms with E-state index >= 15 is 0 Å². The molecule has 3 fully saturated rings. The van der Waals surface area contributed by atoms with Crippen molar-refractivity contribution in [1.29, 1.82) is 0 Å². The van der Waals surface area contributed by atoms with Crippen LogP contribution in [0.4, 0.5) is 0 Å². The normalized spacial score (nSPS) is 32.4. The van der Waals surface area contributed by atoms with E-state index in [-0.39, 0.29) is 22.6 Å². The van der Waals surface area contributed by atoms with Gasteiger partial charge in [0.05, 0.1) is 12.7 Å². The lowest BCUT2D eigenvalue weighted by atomic mass is 9.98. The number of aromatic hydroxyl groups is 4. The van der Waals surface area contributed by atoms with Crippen LogP contribution in [0.1, 0.15) is 12.5 Å². The van der Waals surface area contributed by atoms with Crippen molar-refractivity contribution in [3.63, 3.8) is 0 Å². The SMILES string of the molecule is C[C@@H]1O[C@@H](Oc2cc(O)c3c(=O)c(O[C@@H]4OC[C@H](O)[C@H](O)[C@@H]4O[C@@H]4O[C@H](COC(=O)/C=C/c5ccc(O)cc5)[C@@H](O)[C@H](O)[C@H]4O)c(-c4ccc(O)c(O)c4)oc3c2)[C@H](O)[C@H](O)[C@H]1O. The zero-order chi connectivity index (χ0) is 45.4. The number of aliphatic hydroxyl groups excluding tert-OH is 8. The van der Waals surface area contributed by atoms with Crippen LogP contribution in [0.5, 0.6) is 34.5 Å². The molecule has 14 atom stereocenters. The summed E-state index contributed by atoms with van der Waals surface area (Å²) in [4.78, 5) is 26.8. The topological polar surface area (TPSA) is 355 Å². The van der Waals surface area contributed by atoms with Gasteiger partial charge >= 0.3 is 5.97 Å². The molecule has 0 spiro atoms. The predicted molar refractivity (Wildman–Crippen MR) is 208 cm³/mol. The van der Waals surface area contributed by atoms with E-state index in [2.05, 4.69) is 0 Å². The maximum Gasteiger partial charge on any atom is 0.330 e. The van der Waals surface area contributed by atoms with Gasteiger partial charge in [0.25, 0.3) is 0 Å². The Labute approximate surface area is 354 Å². The Kier molecular flexibility index (Phi) is 13.4. The number of phenols is 4. The third-order valence-electron chi connectivity index (χ3n) is 10.5. The third-order valence-corrected chi connectivity index (χ3v) is 10.5. The highest BCUT2D eigenvalue weighted by Gasteiger charge is 2.50. The van der Waals surface area contributed by atoms with Gasteiger partial charge in [-0.15, -0.1) is 0 Å². The van der Waals surface area contributed by atoms with Gasteiger partial charge in [-0.05, 0) is 48.9 Å². The highest BCUT2D eigenvalue weighted by molar-refractivity contribution is 5.89. The van der Waals surface area contributed by atoms with Gasteiger partial charge < -0.3 is 98.9 Å². The van der Waals surface area contributed by atoms with Crippen LogP contribution in [0.25, 0.3) is 28.4 Å². The highest BCUT2D eigenvalue weighted by Crippen LogP contribution is 2.40. The summed E-state index contributed by atoms with van der Waals surface area (Å²) in [6.07, 6.45) is -21.8. The largest absolute Gasteiger partial charge is 0.508 e. The van der Waals surface area contributed by atoms with E-state index in [1.807, 2.05) is 0 Å².